The van der Waals surface area contributed by atoms with Crippen LogP contribution in [-0.2, 0) is 4.79 Å². The lowest BCUT2D eigenvalue weighted by molar-refractivity contribution is -0.216. The first kappa shape index (κ1) is 16.2. The van der Waals surface area contributed by atoms with Crippen LogP contribution < -0.4 is 10.6 Å². The van der Waals surface area contributed by atoms with E-state index in [9.17, 15) is 18.0 Å². The first-order valence-corrected chi connectivity index (χ1v) is 6.50. The van der Waals surface area contributed by atoms with Crippen molar-refractivity contribution in [2.45, 2.75) is 25.4 Å². The second-order valence-electron chi connectivity index (χ2n) is 5.27. The first-order valence-electron chi connectivity index (χ1n) is 6.50. The third kappa shape index (κ3) is 4.07. The summed E-state index contributed by atoms with van der Waals surface area (Å²) in [6, 6.07) is 0. The van der Waals surface area contributed by atoms with Gasteiger partial charge in [-0.2, -0.15) is 13.2 Å². The molecule has 112 valence electrons. The lowest BCUT2D eigenvalue weighted by Crippen LogP contribution is -2.52. The highest BCUT2D eigenvalue weighted by molar-refractivity contribution is 5.84. The summed E-state index contributed by atoms with van der Waals surface area (Å²) in [5, 5.41) is 5.06. The van der Waals surface area contributed by atoms with Gasteiger partial charge in [0.25, 0.3) is 0 Å². The van der Waals surface area contributed by atoms with Gasteiger partial charge in [0.1, 0.15) is 0 Å². The maximum Gasteiger partial charge on any atom is 0.404 e. The van der Waals surface area contributed by atoms with Crippen LogP contribution in [0.2, 0.25) is 0 Å². The summed E-state index contributed by atoms with van der Waals surface area (Å²) in [6.45, 7) is 1.07. The molecule has 1 aliphatic heterocycles. The Balaban J connectivity index is 2.42. The van der Waals surface area contributed by atoms with Gasteiger partial charge < -0.3 is 15.5 Å². The van der Waals surface area contributed by atoms with Gasteiger partial charge in [-0.15, -0.1) is 0 Å². The molecule has 0 saturated carbocycles. The van der Waals surface area contributed by atoms with Crippen LogP contribution in [0.25, 0.3) is 0 Å². The van der Waals surface area contributed by atoms with Crippen molar-refractivity contribution < 1.29 is 18.0 Å². The fourth-order valence-corrected chi connectivity index (χ4v) is 2.18. The molecule has 0 aromatic carbocycles. The fourth-order valence-electron chi connectivity index (χ4n) is 2.18. The van der Waals surface area contributed by atoms with E-state index in [0.29, 0.717) is 13.0 Å². The van der Waals surface area contributed by atoms with Crippen LogP contribution in [-0.4, -0.2) is 57.3 Å². The van der Waals surface area contributed by atoms with Crippen molar-refractivity contribution in [1.29, 1.82) is 0 Å². The van der Waals surface area contributed by atoms with Crippen LogP contribution in [0.4, 0.5) is 13.2 Å². The largest absolute Gasteiger partial charge is 0.404 e. The number of alkyl halides is 3. The van der Waals surface area contributed by atoms with E-state index in [-0.39, 0.29) is 19.5 Å². The molecule has 1 fully saturated rings. The summed E-state index contributed by atoms with van der Waals surface area (Å²) in [4.78, 5) is 13.8. The van der Waals surface area contributed by atoms with E-state index >= 15 is 0 Å². The van der Waals surface area contributed by atoms with Crippen molar-refractivity contribution in [3.63, 3.8) is 0 Å². The molecular formula is C12H22F3N3O. The number of unbranched alkanes of at least 4 members (excludes halogenated alkanes) is 1. The summed E-state index contributed by atoms with van der Waals surface area (Å²) in [5.41, 5.74) is -2.24. The van der Waals surface area contributed by atoms with Gasteiger partial charge in [-0.05, 0) is 46.4 Å². The van der Waals surface area contributed by atoms with Crippen LogP contribution in [0.5, 0.6) is 0 Å². The molecule has 1 atom stereocenters. The molecule has 0 spiro atoms. The summed E-state index contributed by atoms with van der Waals surface area (Å²) >= 11 is 0. The van der Waals surface area contributed by atoms with E-state index in [2.05, 4.69) is 10.6 Å². The average Bonchev–Trinajstić information content (AvgIpc) is 2.77. The monoisotopic (exact) mass is 281 g/mol. The highest BCUT2D eigenvalue weighted by atomic mass is 19.4. The van der Waals surface area contributed by atoms with Crippen LogP contribution in [0, 0.1) is 5.41 Å². The van der Waals surface area contributed by atoms with E-state index < -0.39 is 17.5 Å². The predicted octanol–water partition coefficient (Wildman–Crippen LogP) is 0.986. The maximum atomic E-state index is 13.0. The van der Waals surface area contributed by atoms with Crippen LogP contribution in [0.15, 0.2) is 0 Å². The van der Waals surface area contributed by atoms with Gasteiger partial charge in [-0.1, -0.05) is 0 Å². The number of halogens is 3. The van der Waals surface area contributed by atoms with Crippen molar-refractivity contribution in [3.8, 4) is 0 Å². The minimum absolute atomic E-state index is 0.181. The minimum atomic E-state index is -4.50. The van der Waals surface area contributed by atoms with Gasteiger partial charge >= 0.3 is 6.18 Å². The van der Waals surface area contributed by atoms with Crippen molar-refractivity contribution in [1.82, 2.24) is 15.5 Å². The van der Waals surface area contributed by atoms with Gasteiger partial charge in [-0.25, -0.2) is 0 Å². The molecule has 4 nitrogen and oxygen atoms in total. The molecule has 0 aromatic rings. The number of nitrogens with zero attached hydrogens (tertiary/aromatic N) is 1. The summed E-state index contributed by atoms with van der Waals surface area (Å²) in [5.74, 6) is -0.894. The third-order valence-electron chi connectivity index (χ3n) is 3.45. The SMILES string of the molecule is CN(C)CCCCNC(=O)C1(C(F)(F)F)CCNC1. The smallest absolute Gasteiger partial charge is 0.355 e. The third-order valence-corrected chi connectivity index (χ3v) is 3.45. The van der Waals surface area contributed by atoms with Crippen molar-refractivity contribution in [2.75, 3.05) is 40.3 Å². The number of hydrogen-bond acceptors (Lipinski definition) is 3. The fraction of sp³-hybridized carbons (Fsp3) is 0.917. The Morgan fingerprint density at radius 2 is 2.05 bits per heavy atom. The topological polar surface area (TPSA) is 44.4 Å². The zero-order valence-electron chi connectivity index (χ0n) is 11.4. The Labute approximate surface area is 111 Å². The molecule has 0 bridgehead atoms. The molecule has 1 saturated heterocycles. The van der Waals surface area contributed by atoms with Crippen molar-refractivity contribution in [3.05, 3.63) is 0 Å². The predicted molar refractivity (Wildman–Crippen MR) is 66.8 cm³/mol. The summed E-state index contributed by atoms with van der Waals surface area (Å²) < 4.78 is 39.1. The Morgan fingerprint density at radius 1 is 1.37 bits per heavy atom. The van der Waals surface area contributed by atoms with E-state index in [1.54, 1.807) is 0 Å². The minimum Gasteiger partial charge on any atom is -0.355 e. The van der Waals surface area contributed by atoms with Crippen LogP contribution >= 0.6 is 0 Å². The van der Waals surface area contributed by atoms with Crippen molar-refractivity contribution >= 4 is 5.91 Å². The van der Waals surface area contributed by atoms with E-state index in [1.165, 1.54) is 0 Å². The summed E-state index contributed by atoms with van der Waals surface area (Å²) in [6.07, 6.45) is -3.14. The maximum absolute atomic E-state index is 13.0. The van der Waals surface area contributed by atoms with E-state index in [1.807, 2.05) is 19.0 Å². The molecule has 1 amide bonds. The quantitative estimate of drug-likeness (QED) is 0.714. The molecule has 1 unspecified atom stereocenters. The van der Waals surface area contributed by atoms with Gasteiger partial charge in [0.15, 0.2) is 5.41 Å². The molecule has 7 heteroatoms. The number of nitrogens with one attached hydrogen (secondary N) is 2. The second kappa shape index (κ2) is 6.56. The average molecular weight is 281 g/mol. The standard InChI is InChI=1S/C12H22F3N3O/c1-18(2)8-4-3-6-17-10(19)11(12(13,14)15)5-7-16-9-11/h16H,3-9H2,1-2H3,(H,17,19). The Bertz CT molecular complexity index is 299. The summed E-state index contributed by atoms with van der Waals surface area (Å²) in [7, 11) is 3.86. The number of carbonyl (C=O) groups is 1. The zero-order chi connectivity index (χ0) is 14.5. The molecule has 2 N–H and O–H groups in total. The number of hydrogen-bond donors (Lipinski definition) is 2. The van der Waals surface area contributed by atoms with E-state index in [0.717, 1.165) is 13.0 Å². The van der Waals surface area contributed by atoms with Gasteiger partial charge in [0.2, 0.25) is 5.91 Å². The molecule has 1 aliphatic rings. The molecule has 0 radical (unpaired) electrons. The second-order valence-corrected chi connectivity index (χ2v) is 5.27. The first-order chi connectivity index (χ1) is 8.79. The normalized spacial score (nSPS) is 23.9. The Hall–Kier alpha value is -0.820. The van der Waals surface area contributed by atoms with Crippen molar-refractivity contribution in [2.24, 2.45) is 5.41 Å². The van der Waals surface area contributed by atoms with E-state index in [4.69, 9.17) is 0 Å². The molecule has 1 heterocycles. The molecular weight excluding hydrogens is 259 g/mol. The molecule has 0 aliphatic carbocycles. The van der Waals surface area contributed by atoms with Crippen LogP contribution in [0.3, 0.4) is 0 Å². The van der Waals surface area contributed by atoms with Crippen LogP contribution in [0.1, 0.15) is 19.3 Å². The van der Waals surface area contributed by atoms with Gasteiger partial charge in [0, 0.05) is 13.1 Å². The molecule has 1 rings (SSSR count). The molecule has 19 heavy (non-hydrogen) atoms. The number of carbonyl (C=O) groups excluding carboxylic acids is 1. The highest BCUT2D eigenvalue weighted by Gasteiger charge is 2.61. The highest BCUT2D eigenvalue weighted by Crippen LogP contribution is 2.43. The Morgan fingerprint density at radius 3 is 2.53 bits per heavy atom. The Kier molecular flexibility index (Phi) is 5.61. The van der Waals surface area contributed by atoms with Gasteiger partial charge in [0.05, 0.1) is 0 Å². The molecule has 0 aromatic heterocycles. The number of amides is 1. The lowest BCUT2D eigenvalue weighted by atomic mass is 9.85. The number of rotatable bonds is 6. The lowest BCUT2D eigenvalue weighted by Gasteiger charge is -2.29. The zero-order valence-corrected chi connectivity index (χ0v) is 11.4. The van der Waals surface area contributed by atoms with Gasteiger partial charge in [-0.3, -0.25) is 4.79 Å².